The number of hydrogen-bond acceptors (Lipinski definition) is 1. The molecule has 1 atom stereocenters. The minimum Gasteiger partial charge on any atom is -0.303 e. The molecule has 0 aliphatic rings. The van der Waals surface area contributed by atoms with E-state index in [1.165, 1.54) is 51.4 Å². The minimum atomic E-state index is 0.338. The Morgan fingerprint density at radius 3 is 1.81 bits per heavy atom. The number of aldehydes is 1. The van der Waals surface area contributed by atoms with E-state index in [0.717, 1.165) is 25.5 Å². The maximum absolute atomic E-state index is 10.7. The van der Waals surface area contributed by atoms with Crippen molar-refractivity contribution >= 4 is 6.29 Å². The molecule has 0 rings (SSSR count). The number of rotatable bonds is 12. The van der Waals surface area contributed by atoms with Crippen LogP contribution in [-0.4, -0.2) is 6.29 Å². The smallest absolute Gasteiger partial charge is 0.123 e. The molecule has 0 saturated heterocycles. The van der Waals surface area contributed by atoms with Crippen LogP contribution in [0.2, 0.25) is 0 Å². The quantitative estimate of drug-likeness (QED) is 0.333. The molecule has 0 aromatic rings. The average Bonchev–Trinajstić information content (AvgIpc) is 2.31. The molecule has 0 N–H and O–H groups in total. The molecule has 0 radical (unpaired) electrons. The lowest BCUT2D eigenvalue weighted by atomic mass is 9.97. The molecular formula is C15H30O. The third-order valence-electron chi connectivity index (χ3n) is 3.28. The first-order valence-corrected chi connectivity index (χ1v) is 7.30. The summed E-state index contributed by atoms with van der Waals surface area (Å²) in [6.45, 7) is 4.41. The predicted molar refractivity (Wildman–Crippen MR) is 71.7 cm³/mol. The minimum absolute atomic E-state index is 0.338. The lowest BCUT2D eigenvalue weighted by Crippen LogP contribution is -2.01. The van der Waals surface area contributed by atoms with Crippen LogP contribution in [0.1, 0.15) is 84.5 Å². The van der Waals surface area contributed by atoms with Gasteiger partial charge in [-0.25, -0.2) is 0 Å². The Balaban J connectivity index is 3.15. The fraction of sp³-hybridized carbons (Fsp3) is 0.933. The molecule has 0 bridgehead atoms. The van der Waals surface area contributed by atoms with Gasteiger partial charge >= 0.3 is 0 Å². The van der Waals surface area contributed by atoms with E-state index in [-0.39, 0.29) is 0 Å². The molecule has 1 nitrogen and oxygen atoms in total. The van der Waals surface area contributed by atoms with Crippen LogP contribution in [-0.2, 0) is 4.79 Å². The molecule has 0 amide bonds. The summed E-state index contributed by atoms with van der Waals surface area (Å²) in [4.78, 5) is 10.7. The average molecular weight is 226 g/mol. The predicted octanol–water partition coefficient (Wildman–Crippen LogP) is 5.13. The summed E-state index contributed by atoms with van der Waals surface area (Å²) in [5, 5.41) is 0. The van der Waals surface area contributed by atoms with E-state index in [1.807, 2.05) is 0 Å². The van der Waals surface area contributed by atoms with E-state index < -0.39 is 0 Å². The summed E-state index contributed by atoms with van der Waals surface area (Å²) >= 11 is 0. The van der Waals surface area contributed by atoms with Crippen molar-refractivity contribution in [3.05, 3.63) is 0 Å². The molecule has 1 unspecified atom stereocenters. The van der Waals surface area contributed by atoms with Gasteiger partial charge in [0.05, 0.1) is 0 Å². The molecule has 0 saturated carbocycles. The number of carbonyl (C=O) groups excluding carboxylic acids is 1. The Bertz CT molecular complexity index is 142. The highest BCUT2D eigenvalue weighted by Crippen LogP contribution is 2.15. The molecule has 0 aliphatic heterocycles. The van der Waals surface area contributed by atoms with Crippen molar-refractivity contribution in [2.75, 3.05) is 0 Å². The molecule has 0 aromatic carbocycles. The fourth-order valence-corrected chi connectivity index (χ4v) is 2.19. The standard InChI is InChI=1S/C15H30O/c1-3-5-6-7-8-9-10-11-13-15(14-16)12-4-2/h14-15H,3-13H2,1-2H3. The van der Waals surface area contributed by atoms with Gasteiger partial charge in [0.1, 0.15) is 6.29 Å². The van der Waals surface area contributed by atoms with Crippen molar-refractivity contribution in [1.82, 2.24) is 0 Å². The molecule has 0 spiro atoms. The zero-order chi connectivity index (χ0) is 12.1. The largest absolute Gasteiger partial charge is 0.303 e. The summed E-state index contributed by atoms with van der Waals surface area (Å²) < 4.78 is 0. The van der Waals surface area contributed by atoms with E-state index in [9.17, 15) is 4.79 Å². The first-order valence-electron chi connectivity index (χ1n) is 7.30. The number of hydrogen-bond donors (Lipinski definition) is 0. The summed E-state index contributed by atoms with van der Waals surface area (Å²) in [6.07, 6.45) is 15.3. The van der Waals surface area contributed by atoms with Crippen molar-refractivity contribution in [1.29, 1.82) is 0 Å². The fourth-order valence-electron chi connectivity index (χ4n) is 2.19. The Morgan fingerprint density at radius 1 is 0.750 bits per heavy atom. The van der Waals surface area contributed by atoms with Gasteiger partial charge < -0.3 is 4.79 Å². The third-order valence-corrected chi connectivity index (χ3v) is 3.28. The molecule has 0 fully saturated rings. The number of carbonyl (C=O) groups is 1. The van der Waals surface area contributed by atoms with E-state index >= 15 is 0 Å². The summed E-state index contributed by atoms with van der Waals surface area (Å²) in [7, 11) is 0. The molecular weight excluding hydrogens is 196 g/mol. The van der Waals surface area contributed by atoms with Gasteiger partial charge in [0.2, 0.25) is 0 Å². The van der Waals surface area contributed by atoms with Crippen LogP contribution in [0.25, 0.3) is 0 Å². The molecule has 0 aromatic heterocycles. The van der Waals surface area contributed by atoms with Crippen LogP contribution in [0.5, 0.6) is 0 Å². The Hall–Kier alpha value is -0.330. The van der Waals surface area contributed by atoms with Crippen LogP contribution >= 0.6 is 0 Å². The van der Waals surface area contributed by atoms with Gasteiger partial charge in [-0.15, -0.1) is 0 Å². The van der Waals surface area contributed by atoms with Crippen molar-refractivity contribution in [3.63, 3.8) is 0 Å². The van der Waals surface area contributed by atoms with Gasteiger partial charge in [-0.3, -0.25) is 0 Å². The van der Waals surface area contributed by atoms with E-state index in [4.69, 9.17) is 0 Å². The summed E-state index contributed by atoms with van der Waals surface area (Å²) in [5.41, 5.74) is 0. The Kier molecular flexibility index (Phi) is 12.5. The highest BCUT2D eigenvalue weighted by molar-refractivity contribution is 5.53. The SMILES string of the molecule is CCCCCCCCCCC(C=O)CCC. The number of unbranched alkanes of at least 4 members (excludes halogenated alkanes) is 7. The molecule has 1 heteroatoms. The zero-order valence-corrected chi connectivity index (χ0v) is 11.3. The van der Waals surface area contributed by atoms with Crippen LogP contribution in [0.15, 0.2) is 0 Å². The van der Waals surface area contributed by atoms with Gasteiger partial charge in [0.15, 0.2) is 0 Å². The van der Waals surface area contributed by atoms with Crippen molar-refractivity contribution in [2.24, 2.45) is 5.92 Å². The second-order valence-electron chi connectivity index (χ2n) is 4.95. The maximum Gasteiger partial charge on any atom is 0.123 e. The second-order valence-corrected chi connectivity index (χ2v) is 4.95. The third kappa shape index (κ3) is 10.2. The van der Waals surface area contributed by atoms with Gasteiger partial charge in [-0.1, -0.05) is 71.6 Å². The lowest BCUT2D eigenvalue weighted by molar-refractivity contribution is -0.111. The first kappa shape index (κ1) is 15.7. The van der Waals surface area contributed by atoms with Gasteiger partial charge in [-0.2, -0.15) is 0 Å². The monoisotopic (exact) mass is 226 g/mol. The van der Waals surface area contributed by atoms with Crippen LogP contribution < -0.4 is 0 Å². The van der Waals surface area contributed by atoms with E-state index in [1.54, 1.807) is 0 Å². The van der Waals surface area contributed by atoms with Gasteiger partial charge in [0.25, 0.3) is 0 Å². The molecule has 0 aliphatic carbocycles. The van der Waals surface area contributed by atoms with Crippen molar-refractivity contribution in [2.45, 2.75) is 84.5 Å². The zero-order valence-electron chi connectivity index (χ0n) is 11.3. The Morgan fingerprint density at radius 2 is 1.31 bits per heavy atom. The summed E-state index contributed by atoms with van der Waals surface area (Å²) in [5.74, 6) is 0.338. The lowest BCUT2D eigenvalue weighted by Gasteiger charge is -2.07. The van der Waals surface area contributed by atoms with Crippen molar-refractivity contribution < 1.29 is 4.79 Å². The first-order chi connectivity index (χ1) is 7.85. The molecule has 16 heavy (non-hydrogen) atoms. The van der Waals surface area contributed by atoms with Crippen LogP contribution in [0, 0.1) is 5.92 Å². The Labute approximate surface area is 102 Å². The molecule has 0 heterocycles. The van der Waals surface area contributed by atoms with Crippen LogP contribution in [0.3, 0.4) is 0 Å². The normalized spacial score (nSPS) is 12.6. The highest BCUT2D eigenvalue weighted by Gasteiger charge is 2.04. The van der Waals surface area contributed by atoms with E-state index in [2.05, 4.69) is 13.8 Å². The summed E-state index contributed by atoms with van der Waals surface area (Å²) in [6, 6.07) is 0. The van der Waals surface area contributed by atoms with Gasteiger partial charge in [-0.05, 0) is 12.8 Å². The second kappa shape index (κ2) is 12.7. The van der Waals surface area contributed by atoms with Gasteiger partial charge in [0, 0.05) is 5.92 Å². The molecule has 96 valence electrons. The highest BCUT2D eigenvalue weighted by atomic mass is 16.1. The van der Waals surface area contributed by atoms with Crippen LogP contribution in [0.4, 0.5) is 0 Å². The topological polar surface area (TPSA) is 17.1 Å². The maximum atomic E-state index is 10.7. The van der Waals surface area contributed by atoms with Crippen molar-refractivity contribution in [3.8, 4) is 0 Å². The van der Waals surface area contributed by atoms with E-state index in [0.29, 0.717) is 5.92 Å².